The van der Waals surface area contributed by atoms with Crippen LogP contribution >= 0.6 is 0 Å². The molecule has 1 heterocycles. The summed E-state index contributed by atoms with van der Waals surface area (Å²) in [5, 5.41) is 10.1. The second-order valence-corrected chi connectivity index (χ2v) is 4.27. The van der Waals surface area contributed by atoms with Gasteiger partial charge in [-0.25, -0.2) is 4.39 Å². The molecule has 0 radical (unpaired) electrons. The lowest BCUT2D eigenvalue weighted by Gasteiger charge is -2.21. The second kappa shape index (κ2) is 3.91. The lowest BCUT2D eigenvalue weighted by atomic mass is 9.91. The van der Waals surface area contributed by atoms with E-state index in [4.69, 9.17) is 4.74 Å². The van der Waals surface area contributed by atoms with Crippen molar-refractivity contribution in [3.63, 3.8) is 0 Å². The Hall–Kier alpha value is -0.930. The highest BCUT2D eigenvalue weighted by atomic mass is 19.1. The molecule has 0 bridgehead atoms. The maximum atomic E-state index is 12.9. The minimum Gasteiger partial charge on any atom is -0.387 e. The van der Waals surface area contributed by atoms with Gasteiger partial charge in [-0.05, 0) is 30.2 Å². The molecule has 0 aliphatic carbocycles. The summed E-state index contributed by atoms with van der Waals surface area (Å²) in [7, 11) is 0. The minimum atomic E-state index is -0.761. The number of aliphatic hydroxyl groups is 1. The zero-order valence-corrected chi connectivity index (χ0v) is 8.79. The van der Waals surface area contributed by atoms with Gasteiger partial charge in [-0.2, -0.15) is 0 Å². The molecular formula is C12H15FO2. The predicted molar refractivity (Wildman–Crippen MR) is 55.2 cm³/mol. The topological polar surface area (TPSA) is 29.5 Å². The average Bonchev–Trinajstić information content (AvgIpc) is 2.58. The van der Waals surface area contributed by atoms with Crippen molar-refractivity contribution in [1.82, 2.24) is 0 Å². The molecule has 1 saturated heterocycles. The molecule has 0 spiro atoms. The van der Waals surface area contributed by atoms with Crippen LogP contribution < -0.4 is 0 Å². The van der Waals surface area contributed by atoms with Gasteiger partial charge in [0, 0.05) is 19.4 Å². The smallest absolute Gasteiger partial charge is 0.123 e. The molecule has 15 heavy (non-hydrogen) atoms. The molecular weight excluding hydrogens is 195 g/mol. The number of benzene rings is 1. The summed E-state index contributed by atoms with van der Waals surface area (Å²) in [5.41, 5.74) is 1.11. The van der Waals surface area contributed by atoms with Crippen molar-refractivity contribution in [2.24, 2.45) is 0 Å². The molecule has 0 saturated carbocycles. The molecule has 1 aliphatic rings. The van der Waals surface area contributed by atoms with Crippen molar-refractivity contribution in [2.45, 2.75) is 25.4 Å². The van der Waals surface area contributed by atoms with E-state index in [2.05, 4.69) is 0 Å². The Kier molecular flexibility index (Phi) is 2.76. The number of rotatable bonds is 2. The fraction of sp³-hybridized carbons (Fsp3) is 0.500. The van der Waals surface area contributed by atoms with Gasteiger partial charge >= 0.3 is 0 Å². The molecule has 1 aromatic carbocycles. The predicted octanol–water partition coefficient (Wildman–Crippen LogP) is 1.83. The first-order chi connectivity index (χ1) is 7.09. The first kappa shape index (κ1) is 10.6. The van der Waals surface area contributed by atoms with Crippen molar-refractivity contribution >= 4 is 0 Å². The summed E-state index contributed by atoms with van der Waals surface area (Å²) in [6, 6.07) is 4.66. The van der Waals surface area contributed by atoms with E-state index in [1.54, 1.807) is 6.07 Å². The van der Waals surface area contributed by atoms with Gasteiger partial charge in [-0.3, -0.25) is 0 Å². The SMILES string of the molecule is Cc1cc(F)ccc1CC1(O)CCOC1. The van der Waals surface area contributed by atoms with Crippen LogP contribution in [0.3, 0.4) is 0 Å². The van der Waals surface area contributed by atoms with Gasteiger partial charge in [0.15, 0.2) is 0 Å². The Bertz CT molecular complexity index is 357. The lowest BCUT2D eigenvalue weighted by Crippen LogP contribution is -2.31. The summed E-state index contributed by atoms with van der Waals surface area (Å²) in [5.74, 6) is -0.231. The van der Waals surface area contributed by atoms with Gasteiger partial charge in [-0.15, -0.1) is 0 Å². The molecule has 82 valence electrons. The fourth-order valence-electron chi connectivity index (χ4n) is 1.95. The molecule has 0 aromatic heterocycles. The summed E-state index contributed by atoms with van der Waals surface area (Å²) >= 11 is 0. The van der Waals surface area contributed by atoms with Crippen LogP contribution in [0.15, 0.2) is 18.2 Å². The molecule has 1 fully saturated rings. The van der Waals surface area contributed by atoms with Crippen LogP contribution in [0.25, 0.3) is 0 Å². The van der Waals surface area contributed by atoms with Crippen LogP contribution in [-0.2, 0) is 11.2 Å². The fourth-order valence-corrected chi connectivity index (χ4v) is 1.95. The van der Waals surface area contributed by atoms with Gasteiger partial charge in [0.2, 0.25) is 0 Å². The third-order valence-corrected chi connectivity index (χ3v) is 2.91. The van der Waals surface area contributed by atoms with Crippen molar-refractivity contribution < 1.29 is 14.2 Å². The van der Waals surface area contributed by atoms with Crippen LogP contribution in [0.1, 0.15) is 17.5 Å². The summed E-state index contributed by atoms with van der Waals surface area (Å²) in [6.45, 7) is 2.85. The number of hydrogen-bond donors (Lipinski definition) is 1. The number of hydrogen-bond acceptors (Lipinski definition) is 2. The molecule has 2 rings (SSSR count). The lowest BCUT2D eigenvalue weighted by molar-refractivity contribution is 0.0269. The van der Waals surface area contributed by atoms with E-state index < -0.39 is 5.60 Å². The van der Waals surface area contributed by atoms with E-state index in [9.17, 15) is 9.50 Å². The normalized spacial score (nSPS) is 25.8. The monoisotopic (exact) mass is 210 g/mol. The van der Waals surface area contributed by atoms with Crippen molar-refractivity contribution in [3.05, 3.63) is 35.1 Å². The Morgan fingerprint density at radius 2 is 2.33 bits per heavy atom. The van der Waals surface area contributed by atoms with Gasteiger partial charge in [-0.1, -0.05) is 6.07 Å². The first-order valence-corrected chi connectivity index (χ1v) is 5.14. The first-order valence-electron chi connectivity index (χ1n) is 5.14. The molecule has 3 heteroatoms. The summed E-state index contributed by atoms with van der Waals surface area (Å²) in [6.07, 6.45) is 1.20. The zero-order valence-electron chi connectivity index (χ0n) is 8.79. The van der Waals surface area contributed by atoms with E-state index in [1.165, 1.54) is 12.1 Å². The van der Waals surface area contributed by atoms with E-state index in [1.807, 2.05) is 6.92 Å². The van der Waals surface area contributed by atoms with Crippen molar-refractivity contribution in [1.29, 1.82) is 0 Å². The van der Waals surface area contributed by atoms with Gasteiger partial charge in [0.25, 0.3) is 0 Å². The zero-order chi connectivity index (χ0) is 10.9. The summed E-state index contributed by atoms with van der Waals surface area (Å²) < 4.78 is 18.0. The van der Waals surface area contributed by atoms with Gasteiger partial charge in [0.1, 0.15) is 5.82 Å². The molecule has 0 amide bonds. The number of halogens is 1. The maximum Gasteiger partial charge on any atom is 0.123 e. The third kappa shape index (κ3) is 2.36. The Morgan fingerprint density at radius 3 is 2.93 bits per heavy atom. The van der Waals surface area contributed by atoms with Crippen molar-refractivity contribution in [2.75, 3.05) is 13.2 Å². The van der Waals surface area contributed by atoms with Crippen LogP contribution in [0.5, 0.6) is 0 Å². The van der Waals surface area contributed by atoms with Gasteiger partial charge < -0.3 is 9.84 Å². The number of ether oxygens (including phenoxy) is 1. The van der Waals surface area contributed by atoms with Crippen LogP contribution in [0.4, 0.5) is 4.39 Å². The molecule has 1 aliphatic heterocycles. The average molecular weight is 210 g/mol. The van der Waals surface area contributed by atoms with E-state index >= 15 is 0 Å². The molecule has 1 unspecified atom stereocenters. The quantitative estimate of drug-likeness (QED) is 0.807. The van der Waals surface area contributed by atoms with Crippen LogP contribution in [-0.4, -0.2) is 23.9 Å². The highest BCUT2D eigenvalue weighted by Crippen LogP contribution is 2.25. The Balaban J connectivity index is 2.16. The highest BCUT2D eigenvalue weighted by Gasteiger charge is 2.32. The number of aryl methyl sites for hydroxylation is 1. The summed E-state index contributed by atoms with van der Waals surface area (Å²) in [4.78, 5) is 0. The largest absolute Gasteiger partial charge is 0.387 e. The Labute approximate surface area is 88.7 Å². The molecule has 2 nitrogen and oxygen atoms in total. The third-order valence-electron chi connectivity index (χ3n) is 2.91. The van der Waals surface area contributed by atoms with E-state index in [0.29, 0.717) is 26.1 Å². The molecule has 1 aromatic rings. The Morgan fingerprint density at radius 1 is 1.53 bits per heavy atom. The highest BCUT2D eigenvalue weighted by molar-refractivity contribution is 5.28. The standard InChI is InChI=1S/C12H15FO2/c1-9-6-11(13)3-2-10(9)7-12(14)4-5-15-8-12/h2-3,6,14H,4-5,7-8H2,1H3. The van der Waals surface area contributed by atoms with Crippen molar-refractivity contribution in [3.8, 4) is 0 Å². The van der Waals surface area contributed by atoms with E-state index in [0.717, 1.165) is 11.1 Å². The van der Waals surface area contributed by atoms with Gasteiger partial charge in [0.05, 0.1) is 12.2 Å². The molecule has 1 N–H and O–H groups in total. The van der Waals surface area contributed by atoms with E-state index in [-0.39, 0.29) is 5.82 Å². The van der Waals surface area contributed by atoms with Crippen LogP contribution in [0.2, 0.25) is 0 Å². The minimum absolute atomic E-state index is 0.231. The maximum absolute atomic E-state index is 12.9. The second-order valence-electron chi connectivity index (χ2n) is 4.27. The molecule has 1 atom stereocenters. The van der Waals surface area contributed by atoms with Crippen LogP contribution in [0, 0.1) is 12.7 Å².